The molecule has 2 rings (SSSR count). The van der Waals surface area contributed by atoms with Crippen molar-refractivity contribution in [1.29, 1.82) is 0 Å². The lowest BCUT2D eigenvalue weighted by atomic mass is 10.0. The van der Waals surface area contributed by atoms with Crippen LogP contribution in [0.15, 0.2) is 18.2 Å². The number of hydrogen-bond donors (Lipinski definition) is 1. The summed E-state index contributed by atoms with van der Waals surface area (Å²) in [6.45, 7) is 7.76. The zero-order valence-corrected chi connectivity index (χ0v) is 14.3. The second kappa shape index (κ2) is 8.54. The Morgan fingerprint density at radius 2 is 2.19 bits per heavy atom. The molecule has 1 aromatic carbocycles. The molecule has 1 unspecified atom stereocenters. The van der Waals surface area contributed by atoms with Gasteiger partial charge in [0.15, 0.2) is 0 Å². The van der Waals surface area contributed by atoms with Crippen LogP contribution in [0.25, 0.3) is 0 Å². The zero-order chi connectivity index (χ0) is 15.1. The number of hydrogen-bond acceptors (Lipinski definition) is 4. The van der Waals surface area contributed by atoms with Gasteiger partial charge in [-0.25, -0.2) is 0 Å². The van der Waals surface area contributed by atoms with Crippen LogP contribution < -0.4 is 15.0 Å². The molecule has 0 spiro atoms. The van der Waals surface area contributed by atoms with Gasteiger partial charge < -0.3 is 15.0 Å². The lowest BCUT2D eigenvalue weighted by molar-refractivity contribution is 0.401. The molecule has 1 N–H and O–H groups in total. The maximum absolute atomic E-state index is 5.64. The first kappa shape index (κ1) is 16.5. The van der Waals surface area contributed by atoms with Gasteiger partial charge in [-0.15, -0.1) is 0 Å². The minimum Gasteiger partial charge on any atom is -0.496 e. The Labute approximate surface area is 133 Å². The van der Waals surface area contributed by atoms with Gasteiger partial charge in [0, 0.05) is 36.1 Å². The van der Waals surface area contributed by atoms with E-state index in [1.807, 2.05) is 0 Å². The molecule has 0 saturated carbocycles. The first-order valence-corrected chi connectivity index (χ1v) is 9.16. The Kier molecular flexibility index (Phi) is 6.71. The highest BCUT2D eigenvalue weighted by Crippen LogP contribution is 2.35. The van der Waals surface area contributed by atoms with Crippen molar-refractivity contribution in [2.24, 2.45) is 0 Å². The van der Waals surface area contributed by atoms with Crippen LogP contribution in [0, 0.1) is 0 Å². The van der Waals surface area contributed by atoms with Crippen LogP contribution in [0.2, 0.25) is 0 Å². The third-order valence-corrected chi connectivity index (χ3v) is 5.01. The summed E-state index contributed by atoms with van der Waals surface area (Å²) in [7, 11) is 1.77. The monoisotopic (exact) mass is 308 g/mol. The van der Waals surface area contributed by atoms with Gasteiger partial charge in [-0.1, -0.05) is 13.0 Å². The molecule has 0 aromatic heterocycles. The quantitative estimate of drug-likeness (QED) is 0.866. The van der Waals surface area contributed by atoms with Crippen molar-refractivity contribution in [3.63, 3.8) is 0 Å². The number of nitrogens with zero attached hydrogens (tertiary/aromatic N) is 1. The Bertz CT molecular complexity index is 431. The van der Waals surface area contributed by atoms with Gasteiger partial charge in [-0.2, -0.15) is 11.8 Å². The van der Waals surface area contributed by atoms with Gasteiger partial charge in [-0.3, -0.25) is 0 Å². The van der Waals surface area contributed by atoms with Gasteiger partial charge >= 0.3 is 0 Å². The molecule has 1 aliphatic heterocycles. The lowest BCUT2D eigenvalue weighted by Crippen LogP contribution is -2.29. The van der Waals surface area contributed by atoms with Crippen molar-refractivity contribution in [1.82, 2.24) is 5.32 Å². The van der Waals surface area contributed by atoms with E-state index in [1.165, 1.54) is 29.2 Å². The number of ether oxygens (including phenoxy) is 1. The average molecular weight is 308 g/mol. The number of benzene rings is 1. The van der Waals surface area contributed by atoms with Crippen molar-refractivity contribution in [3.8, 4) is 5.75 Å². The number of anilines is 1. The van der Waals surface area contributed by atoms with E-state index in [0.29, 0.717) is 6.04 Å². The maximum atomic E-state index is 5.64. The third kappa shape index (κ3) is 4.30. The summed E-state index contributed by atoms with van der Waals surface area (Å²) in [5.41, 5.74) is 2.65. The highest BCUT2D eigenvalue weighted by Gasteiger charge is 2.20. The number of thioether (sulfide) groups is 1. The van der Waals surface area contributed by atoms with Crippen LogP contribution in [0.3, 0.4) is 0 Å². The molecule has 1 atom stereocenters. The Hall–Kier alpha value is -0.870. The van der Waals surface area contributed by atoms with Crippen molar-refractivity contribution < 1.29 is 4.74 Å². The van der Waals surface area contributed by atoms with Crippen LogP contribution >= 0.6 is 11.8 Å². The molecule has 0 aliphatic carbocycles. The van der Waals surface area contributed by atoms with Crippen LogP contribution in [0.4, 0.5) is 5.69 Å². The molecule has 21 heavy (non-hydrogen) atoms. The van der Waals surface area contributed by atoms with E-state index in [0.717, 1.165) is 31.8 Å². The first-order chi connectivity index (χ1) is 10.3. The summed E-state index contributed by atoms with van der Waals surface area (Å²) in [6, 6.07) is 6.75. The van der Waals surface area contributed by atoms with E-state index in [4.69, 9.17) is 4.74 Å². The van der Waals surface area contributed by atoms with Crippen LogP contribution in [0.5, 0.6) is 5.75 Å². The molecule has 1 heterocycles. The van der Waals surface area contributed by atoms with Gasteiger partial charge in [0.25, 0.3) is 0 Å². The standard InChI is InChI=1S/C17H28N2OS/c1-4-9-18-14(2)17-15(7-5-8-16(17)20-3)19-10-6-12-21-13-11-19/h5,7-8,14,18H,4,6,9-13H2,1-3H3. The minimum absolute atomic E-state index is 0.312. The molecular weight excluding hydrogens is 280 g/mol. The summed E-state index contributed by atoms with van der Waals surface area (Å²) in [6.07, 6.45) is 2.41. The molecule has 1 fully saturated rings. The molecule has 1 aliphatic rings. The largest absolute Gasteiger partial charge is 0.496 e. The maximum Gasteiger partial charge on any atom is 0.125 e. The normalized spacial score (nSPS) is 17.4. The second-order valence-corrected chi connectivity index (χ2v) is 6.75. The summed E-state index contributed by atoms with van der Waals surface area (Å²) in [5.74, 6) is 3.49. The minimum atomic E-state index is 0.312. The van der Waals surface area contributed by atoms with Crippen molar-refractivity contribution in [2.75, 3.05) is 43.1 Å². The van der Waals surface area contributed by atoms with Crippen LogP contribution in [-0.2, 0) is 0 Å². The fourth-order valence-electron chi connectivity index (χ4n) is 2.87. The van der Waals surface area contributed by atoms with Gasteiger partial charge in [0.05, 0.1) is 7.11 Å². The second-order valence-electron chi connectivity index (χ2n) is 5.52. The zero-order valence-electron chi connectivity index (χ0n) is 13.5. The number of methoxy groups -OCH3 is 1. The number of nitrogens with one attached hydrogen (secondary N) is 1. The fourth-order valence-corrected chi connectivity index (χ4v) is 3.76. The van der Waals surface area contributed by atoms with Crippen molar-refractivity contribution >= 4 is 17.4 Å². The van der Waals surface area contributed by atoms with Gasteiger partial charge in [0.1, 0.15) is 5.75 Å². The summed E-state index contributed by atoms with van der Waals surface area (Å²) in [5, 5.41) is 3.61. The van der Waals surface area contributed by atoms with E-state index >= 15 is 0 Å². The molecule has 0 amide bonds. The van der Waals surface area contributed by atoms with E-state index in [-0.39, 0.29) is 0 Å². The van der Waals surface area contributed by atoms with Crippen LogP contribution in [0.1, 0.15) is 38.3 Å². The molecule has 1 saturated heterocycles. The van der Waals surface area contributed by atoms with Crippen LogP contribution in [-0.4, -0.2) is 38.2 Å². The molecule has 1 aromatic rings. The summed E-state index contributed by atoms with van der Waals surface area (Å²) < 4.78 is 5.64. The molecule has 118 valence electrons. The van der Waals surface area contributed by atoms with E-state index < -0.39 is 0 Å². The highest BCUT2D eigenvalue weighted by molar-refractivity contribution is 7.99. The third-order valence-electron chi connectivity index (χ3n) is 3.96. The van der Waals surface area contributed by atoms with Crippen molar-refractivity contribution in [2.45, 2.75) is 32.7 Å². The highest BCUT2D eigenvalue weighted by atomic mass is 32.2. The fraction of sp³-hybridized carbons (Fsp3) is 0.647. The van der Waals surface area contributed by atoms with E-state index in [9.17, 15) is 0 Å². The molecule has 4 heteroatoms. The molecule has 3 nitrogen and oxygen atoms in total. The Morgan fingerprint density at radius 3 is 2.95 bits per heavy atom. The molecule has 0 radical (unpaired) electrons. The summed E-state index contributed by atoms with van der Waals surface area (Å²) in [4.78, 5) is 2.53. The average Bonchev–Trinajstić information content (AvgIpc) is 2.80. The predicted octanol–water partition coefficient (Wildman–Crippen LogP) is 3.70. The first-order valence-electron chi connectivity index (χ1n) is 8.01. The predicted molar refractivity (Wildman–Crippen MR) is 93.9 cm³/mol. The molecular formula is C17H28N2OS. The Balaban J connectivity index is 2.29. The topological polar surface area (TPSA) is 24.5 Å². The Morgan fingerprint density at radius 1 is 1.33 bits per heavy atom. The SMILES string of the molecule is CCCNC(C)c1c(OC)cccc1N1CCCSCC1. The summed E-state index contributed by atoms with van der Waals surface area (Å²) >= 11 is 2.06. The van der Waals surface area contributed by atoms with E-state index in [2.05, 4.69) is 54.0 Å². The van der Waals surface area contributed by atoms with Crippen molar-refractivity contribution in [3.05, 3.63) is 23.8 Å². The van der Waals surface area contributed by atoms with E-state index in [1.54, 1.807) is 7.11 Å². The smallest absolute Gasteiger partial charge is 0.125 e. The van der Waals surface area contributed by atoms with Gasteiger partial charge in [-0.05, 0) is 44.2 Å². The van der Waals surface area contributed by atoms with Gasteiger partial charge in [0.2, 0.25) is 0 Å². The molecule has 0 bridgehead atoms. The number of rotatable bonds is 6. The lowest BCUT2D eigenvalue weighted by Gasteiger charge is -2.29.